The molecule has 8 heteroatoms. The van der Waals surface area contributed by atoms with Crippen molar-refractivity contribution in [3.63, 3.8) is 0 Å². The molecule has 0 bridgehead atoms. The van der Waals surface area contributed by atoms with Gasteiger partial charge in [-0.25, -0.2) is 14.5 Å². The minimum atomic E-state index is -0.387. The van der Waals surface area contributed by atoms with Crippen LogP contribution >= 0.6 is 0 Å². The van der Waals surface area contributed by atoms with Gasteiger partial charge in [0.25, 0.3) is 0 Å². The molecule has 170 valence electrons. The Hall–Kier alpha value is -3.10. The van der Waals surface area contributed by atoms with E-state index in [2.05, 4.69) is 26.9 Å². The van der Waals surface area contributed by atoms with E-state index in [4.69, 9.17) is 0 Å². The zero-order valence-corrected chi connectivity index (χ0v) is 18.9. The van der Waals surface area contributed by atoms with Gasteiger partial charge in [0, 0.05) is 38.8 Å². The van der Waals surface area contributed by atoms with Crippen LogP contribution in [-0.2, 0) is 6.54 Å². The number of H-pyrrole nitrogens is 1. The van der Waals surface area contributed by atoms with E-state index in [1.807, 2.05) is 38.1 Å². The predicted octanol–water partition coefficient (Wildman–Crippen LogP) is 2.90. The molecule has 0 amide bonds. The Bertz CT molecular complexity index is 1130. The van der Waals surface area contributed by atoms with Gasteiger partial charge in [0.05, 0.1) is 11.3 Å². The van der Waals surface area contributed by atoms with Gasteiger partial charge in [0.2, 0.25) is 0 Å². The van der Waals surface area contributed by atoms with Crippen LogP contribution in [0.1, 0.15) is 37.8 Å². The van der Waals surface area contributed by atoms with Gasteiger partial charge >= 0.3 is 5.69 Å². The summed E-state index contributed by atoms with van der Waals surface area (Å²) in [5.74, 6) is 0.245. The van der Waals surface area contributed by atoms with Gasteiger partial charge in [-0.2, -0.15) is 5.10 Å². The second-order valence-electron chi connectivity index (χ2n) is 8.65. The van der Waals surface area contributed by atoms with Crippen molar-refractivity contribution in [2.24, 2.45) is 0 Å². The summed E-state index contributed by atoms with van der Waals surface area (Å²) in [6, 6.07) is 10.8. The van der Waals surface area contributed by atoms with Gasteiger partial charge in [0.1, 0.15) is 11.5 Å². The second-order valence-corrected chi connectivity index (χ2v) is 8.65. The van der Waals surface area contributed by atoms with E-state index in [9.17, 15) is 15.0 Å². The first-order chi connectivity index (χ1) is 15.4. The first-order valence-corrected chi connectivity index (χ1v) is 11.1. The minimum absolute atomic E-state index is 0.0230. The van der Waals surface area contributed by atoms with Gasteiger partial charge in [-0.15, -0.1) is 0 Å². The Kier molecular flexibility index (Phi) is 6.34. The van der Waals surface area contributed by atoms with Crippen LogP contribution < -0.4 is 5.69 Å². The molecule has 1 aromatic heterocycles. The summed E-state index contributed by atoms with van der Waals surface area (Å²) in [6.07, 6.45) is 0. The van der Waals surface area contributed by atoms with Gasteiger partial charge in [-0.1, -0.05) is 32.9 Å². The summed E-state index contributed by atoms with van der Waals surface area (Å²) in [7, 11) is 0. The lowest BCUT2D eigenvalue weighted by atomic mass is 9.98. The van der Waals surface area contributed by atoms with Crippen molar-refractivity contribution < 1.29 is 10.2 Å². The summed E-state index contributed by atoms with van der Waals surface area (Å²) in [6.45, 7) is 12.4. The van der Waals surface area contributed by atoms with Crippen LogP contribution in [0.3, 0.4) is 0 Å². The number of phenolic OH excluding ortho intramolecular Hbond substituents is 2. The third-order valence-corrected chi connectivity index (χ3v) is 6.19. The predicted molar refractivity (Wildman–Crippen MR) is 124 cm³/mol. The second kappa shape index (κ2) is 9.18. The lowest BCUT2D eigenvalue weighted by Crippen LogP contribution is -2.45. The number of aromatic hydroxyl groups is 2. The van der Waals surface area contributed by atoms with Crippen molar-refractivity contribution in [2.75, 3.05) is 32.7 Å². The topological polar surface area (TPSA) is 97.6 Å². The van der Waals surface area contributed by atoms with Crippen LogP contribution in [0.2, 0.25) is 0 Å². The fraction of sp³-hybridized carbons (Fsp3) is 0.417. The molecule has 0 unspecified atom stereocenters. The summed E-state index contributed by atoms with van der Waals surface area (Å²) in [5, 5.41) is 27.3. The van der Waals surface area contributed by atoms with Gasteiger partial charge in [-0.05, 0) is 41.8 Å². The lowest BCUT2D eigenvalue weighted by molar-refractivity contribution is 0.132. The summed E-state index contributed by atoms with van der Waals surface area (Å²) >= 11 is 0. The largest absolute Gasteiger partial charge is 0.508 e. The molecule has 1 aliphatic heterocycles. The van der Waals surface area contributed by atoms with E-state index >= 15 is 0 Å². The number of aromatic nitrogens is 3. The summed E-state index contributed by atoms with van der Waals surface area (Å²) < 4.78 is 1.44. The molecule has 2 aromatic carbocycles. The summed E-state index contributed by atoms with van der Waals surface area (Å²) in [4.78, 5) is 17.5. The first-order valence-electron chi connectivity index (χ1n) is 11.1. The van der Waals surface area contributed by atoms with Crippen molar-refractivity contribution in [1.29, 1.82) is 0 Å². The molecule has 0 spiro atoms. The molecule has 1 saturated heterocycles. The third kappa shape index (κ3) is 4.42. The quantitative estimate of drug-likeness (QED) is 0.549. The SMILES string of the molecule is CCN1CCN(Cc2ccc(-n3c(-c4cc(C(C)C)c(O)cc4O)n[nH]c3=O)cc2)CC1. The third-order valence-electron chi connectivity index (χ3n) is 6.19. The Morgan fingerprint density at radius 1 is 1.00 bits per heavy atom. The van der Waals surface area contributed by atoms with E-state index in [-0.39, 0.29) is 23.1 Å². The molecule has 0 radical (unpaired) electrons. The van der Waals surface area contributed by atoms with E-state index in [0.717, 1.165) is 39.3 Å². The first kappa shape index (κ1) is 22.1. The smallest absolute Gasteiger partial charge is 0.348 e. The molecular formula is C24H31N5O3. The zero-order valence-electron chi connectivity index (χ0n) is 18.9. The maximum absolute atomic E-state index is 12.6. The van der Waals surface area contributed by atoms with Crippen molar-refractivity contribution in [3.8, 4) is 28.6 Å². The van der Waals surface area contributed by atoms with E-state index < -0.39 is 0 Å². The number of benzene rings is 2. The number of nitrogens with one attached hydrogen (secondary N) is 1. The van der Waals surface area contributed by atoms with Gasteiger partial charge in [0.15, 0.2) is 5.82 Å². The average Bonchev–Trinajstić information content (AvgIpc) is 3.15. The molecule has 2 heterocycles. The number of aromatic amines is 1. The highest BCUT2D eigenvalue weighted by molar-refractivity contribution is 5.69. The van der Waals surface area contributed by atoms with Crippen molar-refractivity contribution in [2.45, 2.75) is 33.2 Å². The number of nitrogens with zero attached hydrogens (tertiary/aromatic N) is 4. The molecule has 0 aliphatic carbocycles. The van der Waals surface area contributed by atoms with Gasteiger partial charge < -0.3 is 15.1 Å². The van der Waals surface area contributed by atoms with Crippen LogP contribution in [0, 0.1) is 0 Å². The highest BCUT2D eigenvalue weighted by Crippen LogP contribution is 2.37. The number of phenols is 2. The minimum Gasteiger partial charge on any atom is -0.508 e. The van der Waals surface area contributed by atoms with E-state index in [0.29, 0.717) is 22.6 Å². The lowest BCUT2D eigenvalue weighted by Gasteiger charge is -2.34. The van der Waals surface area contributed by atoms with E-state index in [1.165, 1.54) is 16.2 Å². The Morgan fingerprint density at radius 2 is 1.66 bits per heavy atom. The number of piperazine rings is 1. The maximum Gasteiger partial charge on any atom is 0.348 e. The van der Waals surface area contributed by atoms with Gasteiger partial charge in [-0.3, -0.25) is 4.90 Å². The molecule has 3 aromatic rings. The van der Waals surface area contributed by atoms with Crippen LogP contribution in [0.4, 0.5) is 0 Å². The fourth-order valence-electron chi connectivity index (χ4n) is 4.22. The van der Waals surface area contributed by atoms with Crippen molar-refractivity contribution in [3.05, 3.63) is 58.0 Å². The Labute approximate surface area is 187 Å². The molecule has 1 fully saturated rings. The normalized spacial score (nSPS) is 15.5. The number of hydrogen-bond acceptors (Lipinski definition) is 6. The monoisotopic (exact) mass is 437 g/mol. The highest BCUT2D eigenvalue weighted by atomic mass is 16.3. The van der Waals surface area contributed by atoms with Crippen LogP contribution in [0.5, 0.6) is 11.5 Å². The number of hydrogen-bond donors (Lipinski definition) is 3. The zero-order chi connectivity index (χ0) is 22.8. The molecular weight excluding hydrogens is 406 g/mol. The fourth-order valence-corrected chi connectivity index (χ4v) is 4.22. The number of rotatable bonds is 6. The van der Waals surface area contributed by atoms with Crippen LogP contribution in [-0.4, -0.2) is 67.5 Å². The molecule has 4 rings (SSSR count). The summed E-state index contributed by atoms with van der Waals surface area (Å²) in [5.41, 5.74) is 2.53. The molecule has 1 aliphatic rings. The molecule has 3 N–H and O–H groups in total. The average molecular weight is 438 g/mol. The maximum atomic E-state index is 12.6. The van der Waals surface area contributed by atoms with Crippen molar-refractivity contribution >= 4 is 0 Å². The number of likely N-dealkylation sites (N-methyl/N-ethyl adjacent to an activating group) is 1. The molecule has 0 atom stereocenters. The molecule has 32 heavy (non-hydrogen) atoms. The van der Waals surface area contributed by atoms with Crippen LogP contribution in [0.15, 0.2) is 41.2 Å². The standard InChI is InChI=1S/C24H31N5O3/c1-4-27-9-11-28(12-10-27)15-17-5-7-18(8-6-17)29-23(25-26-24(29)32)20-13-19(16(2)3)21(30)14-22(20)31/h5-8,13-14,16,30-31H,4,9-12,15H2,1-3H3,(H,26,32). The molecule has 8 nitrogen and oxygen atoms in total. The Balaban J connectivity index is 1.60. The highest BCUT2D eigenvalue weighted by Gasteiger charge is 2.20. The Morgan fingerprint density at radius 3 is 2.28 bits per heavy atom. The van der Waals surface area contributed by atoms with E-state index in [1.54, 1.807) is 6.07 Å². The van der Waals surface area contributed by atoms with Crippen LogP contribution in [0.25, 0.3) is 17.1 Å². The molecule has 0 saturated carbocycles. The van der Waals surface area contributed by atoms with Crippen molar-refractivity contribution in [1.82, 2.24) is 24.6 Å².